The van der Waals surface area contributed by atoms with Crippen molar-refractivity contribution in [3.8, 4) is 0 Å². The molecule has 3 heteroatoms. The summed E-state index contributed by atoms with van der Waals surface area (Å²) in [4.78, 5) is 11.7. The lowest BCUT2D eigenvalue weighted by Crippen LogP contribution is -2.38. The Hall–Kier alpha value is -0.570. The van der Waals surface area contributed by atoms with Gasteiger partial charge in [-0.3, -0.25) is 4.79 Å². The molecule has 0 aromatic rings. The SMILES string of the molecule is C=CC(C)(CCC1C(C)=CC[C@H](Br)C1(C)C)OC(C)=O. The van der Waals surface area contributed by atoms with Crippen LogP contribution in [0.2, 0.25) is 0 Å². The lowest BCUT2D eigenvalue weighted by atomic mass is 9.66. The topological polar surface area (TPSA) is 26.3 Å². The van der Waals surface area contributed by atoms with Gasteiger partial charge in [0.2, 0.25) is 0 Å². The monoisotopic (exact) mass is 342 g/mol. The maximum Gasteiger partial charge on any atom is 0.303 e. The molecule has 0 fully saturated rings. The summed E-state index contributed by atoms with van der Waals surface area (Å²) in [5.41, 5.74) is 1.08. The van der Waals surface area contributed by atoms with Gasteiger partial charge in [-0.25, -0.2) is 0 Å². The zero-order valence-corrected chi connectivity index (χ0v) is 14.9. The smallest absolute Gasteiger partial charge is 0.303 e. The summed E-state index contributed by atoms with van der Waals surface area (Å²) in [6, 6.07) is 0. The van der Waals surface area contributed by atoms with E-state index in [-0.39, 0.29) is 11.4 Å². The normalized spacial score (nSPS) is 28.2. The summed E-state index contributed by atoms with van der Waals surface area (Å²) in [6.45, 7) is 14.0. The Labute approximate surface area is 131 Å². The number of allylic oxidation sites excluding steroid dienone is 2. The van der Waals surface area contributed by atoms with E-state index < -0.39 is 5.60 Å². The lowest BCUT2D eigenvalue weighted by Gasteiger charge is -2.43. The molecule has 2 nitrogen and oxygen atoms in total. The van der Waals surface area contributed by atoms with Crippen molar-refractivity contribution in [2.45, 2.75) is 64.3 Å². The predicted octanol–water partition coefficient (Wildman–Crippen LogP) is 5.03. The third-order valence-electron chi connectivity index (χ3n) is 4.64. The molecule has 0 aromatic carbocycles. The van der Waals surface area contributed by atoms with Crippen molar-refractivity contribution in [2.75, 3.05) is 0 Å². The molecule has 0 aromatic heterocycles. The van der Waals surface area contributed by atoms with Crippen LogP contribution in [0.5, 0.6) is 0 Å². The summed E-state index contributed by atoms with van der Waals surface area (Å²) in [7, 11) is 0. The van der Waals surface area contributed by atoms with E-state index >= 15 is 0 Å². The average molecular weight is 343 g/mol. The van der Waals surface area contributed by atoms with Gasteiger partial charge in [0.1, 0.15) is 5.60 Å². The summed E-state index contributed by atoms with van der Waals surface area (Å²) in [5, 5.41) is 0. The highest BCUT2D eigenvalue weighted by molar-refractivity contribution is 9.09. The van der Waals surface area contributed by atoms with Crippen LogP contribution in [0.1, 0.15) is 53.9 Å². The van der Waals surface area contributed by atoms with Crippen LogP contribution in [0.15, 0.2) is 24.3 Å². The molecule has 0 bridgehead atoms. The van der Waals surface area contributed by atoms with E-state index in [1.165, 1.54) is 12.5 Å². The number of rotatable bonds is 5. The molecule has 1 aliphatic carbocycles. The summed E-state index contributed by atoms with van der Waals surface area (Å²) < 4.78 is 5.42. The minimum atomic E-state index is -0.568. The molecule has 0 aliphatic heterocycles. The number of halogens is 1. The molecule has 0 saturated heterocycles. The van der Waals surface area contributed by atoms with Gasteiger partial charge < -0.3 is 4.74 Å². The Balaban J connectivity index is 2.81. The maximum atomic E-state index is 11.2. The molecule has 114 valence electrons. The van der Waals surface area contributed by atoms with Crippen molar-refractivity contribution in [1.82, 2.24) is 0 Å². The first-order valence-electron chi connectivity index (χ1n) is 7.26. The average Bonchev–Trinajstić information content (AvgIpc) is 2.33. The Morgan fingerprint density at radius 1 is 1.65 bits per heavy atom. The number of esters is 1. The molecule has 0 radical (unpaired) electrons. The van der Waals surface area contributed by atoms with E-state index in [0.717, 1.165) is 19.3 Å². The van der Waals surface area contributed by atoms with Gasteiger partial charge in [0.05, 0.1) is 0 Å². The van der Waals surface area contributed by atoms with Crippen LogP contribution in [0.3, 0.4) is 0 Å². The summed E-state index contributed by atoms with van der Waals surface area (Å²) in [5.74, 6) is 0.247. The molecule has 0 amide bonds. The molecular weight excluding hydrogens is 316 g/mol. The van der Waals surface area contributed by atoms with Crippen LogP contribution in [0.25, 0.3) is 0 Å². The van der Waals surface area contributed by atoms with Crippen molar-refractivity contribution in [1.29, 1.82) is 0 Å². The van der Waals surface area contributed by atoms with Gasteiger partial charge in [-0.2, -0.15) is 0 Å². The van der Waals surface area contributed by atoms with E-state index in [0.29, 0.717) is 10.7 Å². The van der Waals surface area contributed by atoms with E-state index in [9.17, 15) is 4.79 Å². The van der Waals surface area contributed by atoms with Gasteiger partial charge >= 0.3 is 5.97 Å². The van der Waals surface area contributed by atoms with Crippen molar-refractivity contribution in [3.05, 3.63) is 24.3 Å². The van der Waals surface area contributed by atoms with Crippen LogP contribution >= 0.6 is 15.9 Å². The van der Waals surface area contributed by atoms with Gasteiger partial charge in [-0.1, -0.05) is 48.0 Å². The second-order valence-corrected chi connectivity index (χ2v) is 7.78. The number of ether oxygens (including phenoxy) is 1. The first-order valence-corrected chi connectivity index (χ1v) is 8.18. The number of alkyl halides is 1. The Bertz CT molecular complexity index is 411. The summed E-state index contributed by atoms with van der Waals surface area (Å²) in [6.07, 6.45) is 6.95. The molecule has 0 heterocycles. The molecule has 0 spiro atoms. The van der Waals surface area contributed by atoms with Gasteiger partial charge in [0.25, 0.3) is 0 Å². The zero-order chi connectivity index (χ0) is 15.6. The second-order valence-electron chi connectivity index (χ2n) is 6.67. The molecular formula is C17H27BrO2. The van der Waals surface area contributed by atoms with E-state index in [2.05, 4.69) is 49.4 Å². The summed E-state index contributed by atoms with van der Waals surface area (Å²) >= 11 is 3.81. The third kappa shape index (κ3) is 3.97. The highest BCUT2D eigenvalue weighted by atomic mass is 79.9. The van der Waals surface area contributed by atoms with E-state index in [1.807, 2.05) is 6.92 Å². The fraction of sp³-hybridized carbons (Fsp3) is 0.706. The number of carbonyl (C=O) groups excluding carboxylic acids is 1. The van der Waals surface area contributed by atoms with Crippen molar-refractivity contribution < 1.29 is 9.53 Å². The Morgan fingerprint density at radius 3 is 2.75 bits per heavy atom. The fourth-order valence-electron chi connectivity index (χ4n) is 3.09. The molecule has 1 rings (SSSR count). The molecule has 20 heavy (non-hydrogen) atoms. The lowest BCUT2D eigenvalue weighted by molar-refractivity contribution is -0.151. The molecule has 2 unspecified atom stereocenters. The quantitative estimate of drug-likeness (QED) is 0.398. The molecule has 0 saturated carbocycles. The highest BCUT2D eigenvalue weighted by Crippen LogP contribution is 2.47. The molecule has 3 atom stereocenters. The number of hydrogen-bond donors (Lipinski definition) is 0. The Kier molecular flexibility index (Phi) is 5.65. The van der Waals surface area contributed by atoms with Gasteiger partial charge in [0, 0.05) is 11.8 Å². The minimum Gasteiger partial charge on any atom is -0.455 e. The van der Waals surface area contributed by atoms with Crippen molar-refractivity contribution in [3.63, 3.8) is 0 Å². The number of hydrogen-bond acceptors (Lipinski definition) is 2. The molecule has 1 aliphatic rings. The fourth-order valence-corrected chi connectivity index (χ4v) is 3.60. The third-order valence-corrected chi connectivity index (χ3v) is 6.19. The first-order chi connectivity index (χ1) is 9.12. The van der Waals surface area contributed by atoms with Crippen LogP contribution in [0, 0.1) is 11.3 Å². The zero-order valence-electron chi connectivity index (χ0n) is 13.3. The minimum absolute atomic E-state index is 0.205. The van der Waals surface area contributed by atoms with Crippen LogP contribution in [-0.4, -0.2) is 16.4 Å². The van der Waals surface area contributed by atoms with Crippen molar-refractivity contribution in [2.24, 2.45) is 11.3 Å². The van der Waals surface area contributed by atoms with Gasteiger partial charge in [-0.15, -0.1) is 0 Å². The van der Waals surface area contributed by atoms with Crippen LogP contribution in [0.4, 0.5) is 0 Å². The highest BCUT2D eigenvalue weighted by Gasteiger charge is 2.40. The van der Waals surface area contributed by atoms with Crippen molar-refractivity contribution >= 4 is 21.9 Å². The van der Waals surface area contributed by atoms with E-state index in [4.69, 9.17) is 4.74 Å². The maximum absolute atomic E-state index is 11.2. The molecule has 0 N–H and O–H groups in total. The largest absolute Gasteiger partial charge is 0.455 e. The van der Waals surface area contributed by atoms with Gasteiger partial charge in [-0.05, 0) is 50.5 Å². The first kappa shape index (κ1) is 17.5. The van der Waals surface area contributed by atoms with Crippen LogP contribution in [-0.2, 0) is 9.53 Å². The predicted molar refractivity (Wildman–Crippen MR) is 88.0 cm³/mol. The van der Waals surface area contributed by atoms with E-state index in [1.54, 1.807) is 6.08 Å². The number of carbonyl (C=O) groups is 1. The standard InChI is InChI=1S/C17H27BrO2/c1-7-17(6,20-13(3)19)11-10-14-12(2)8-9-15(18)16(14,4)5/h7-8,14-15H,1,9-11H2,2-6H3/t14?,15-,17?/m0/s1. The second kappa shape index (κ2) is 6.46. The van der Waals surface area contributed by atoms with Gasteiger partial charge in [0.15, 0.2) is 0 Å². The Morgan fingerprint density at radius 2 is 2.25 bits per heavy atom. The van der Waals surface area contributed by atoms with Crippen LogP contribution < -0.4 is 0 Å².